The molecule has 0 bridgehead atoms. The standard InChI is InChI=1S/C14H16Cl2N4O2/c1-2-6-19(9-13(21)22)7-10-8-20(18-17-10)12-5-3-4-11(15)14(12)16/h3-5,8H,2,6-7,9H2,1H3,(H,21,22). The molecule has 1 aromatic heterocycles. The van der Waals surface area contributed by atoms with E-state index in [4.69, 9.17) is 28.3 Å². The fourth-order valence-corrected chi connectivity index (χ4v) is 2.49. The maximum atomic E-state index is 10.9. The number of hydrogen-bond donors (Lipinski definition) is 1. The van der Waals surface area contributed by atoms with Crippen molar-refractivity contribution < 1.29 is 9.90 Å². The Kier molecular flexibility index (Phi) is 5.76. The van der Waals surface area contributed by atoms with Crippen LogP contribution in [0, 0.1) is 0 Å². The van der Waals surface area contributed by atoms with Crippen molar-refractivity contribution in [1.82, 2.24) is 19.9 Å². The molecule has 0 atom stereocenters. The van der Waals surface area contributed by atoms with Crippen LogP contribution in [-0.4, -0.2) is 44.1 Å². The molecule has 118 valence electrons. The Morgan fingerprint density at radius 2 is 2.18 bits per heavy atom. The Balaban J connectivity index is 2.16. The average Bonchev–Trinajstić information content (AvgIpc) is 2.89. The number of nitrogens with zero attached hydrogens (tertiary/aromatic N) is 4. The lowest BCUT2D eigenvalue weighted by atomic mass is 10.3. The Labute approximate surface area is 138 Å². The van der Waals surface area contributed by atoms with Crippen LogP contribution in [0.15, 0.2) is 24.4 Å². The largest absolute Gasteiger partial charge is 0.480 e. The Morgan fingerprint density at radius 3 is 2.86 bits per heavy atom. The normalized spacial score (nSPS) is 11.1. The van der Waals surface area contributed by atoms with Gasteiger partial charge in [0.15, 0.2) is 0 Å². The molecule has 0 aliphatic carbocycles. The van der Waals surface area contributed by atoms with E-state index in [1.54, 1.807) is 29.3 Å². The van der Waals surface area contributed by atoms with Gasteiger partial charge in [0.2, 0.25) is 0 Å². The van der Waals surface area contributed by atoms with Crippen LogP contribution in [-0.2, 0) is 11.3 Å². The van der Waals surface area contributed by atoms with Gasteiger partial charge in [0.1, 0.15) is 0 Å². The van der Waals surface area contributed by atoms with Crippen molar-refractivity contribution in [3.05, 3.63) is 40.1 Å². The number of rotatable bonds is 7. The van der Waals surface area contributed by atoms with Gasteiger partial charge in [-0.05, 0) is 25.1 Å². The summed E-state index contributed by atoms with van der Waals surface area (Å²) in [4.78, 5) is 12.7. The van der Waals surface area contributed by atoms with E-state index in [2.05, 4.69) is 10.3 Å². The summed E-state index contributed by atoms with van der Waals surface area (Å²) in [5.41, 5.74) is 1.30. The van der Waals surface area contributed by atoms with Gasteiger partial charge >= 0.3 is 5.97 Å². The van der Waals surface area contributed by atoms with Gasteiger partial charge < -0.3 is 5.11 Å². The quantitative estimate of drug-likeness (QED) is 0.837. The molecule has 0 unspecified atom stereocenters. The molecule has 8 heteroatoms. The van der Waals surface area contributed by atoms with Crippen LogP contribution in [0.3, 0.4) is 0 Å². The highest BCUT2D eigenvalue weighted by molar-refractivity contribution is 6.43. The zero-order chi connectivity index (χ0) is 16.1. The minimum Gasteiger partial charge on any atom is -0.480 e. The van der Waals surface area contributed by atoms with E-state index < -0.39 is 5.97 Å². The summed E-state index contributed by atoms with van der Waals surface area (Å²) in [5, 5.41) is 17.9. The Hall–Kier alpha value is -1.63. The summed E-state index contributed by atoms with van der Waals surface area (Å²) in [6.45, 7) is 3.06. The molecule has 6 nitrogen and oxygen atoms in total. The molecule has 0 spiro atoms. The van der Waals surface area contributed by atoms with Crippen molar-refractivity contribution in [2.45, 2.75) is 19.9 Å². The summed E-state index contributed by atoms with van der Waals surface area (Å²) >= 11 is 12.1. The van der Waals surface area contributed by atoms with Crippen LogP contribution in [0.2, 0.25) is 10.0 Å². The van der Waals surface area contributed by atoms with E-state index in [1.165, 1.54) is 4.68 Å². The van der Waals surface area contributed by atoms with Crippen LogP contribution >= 0.6 is 23.2 Å². The third-order valence-electron chi connectivity index (χ3n) is 3.00. The zero-order valence-electron chi connectivity index (χ0n) is 12.0. The molecule has 1 heterocycles. The molecule has 0 saturated heterocycles. The lowest BCUT2D eigenvalue weighted by Gasteiger charge is -2.17. The Bertz CT molecular complexity index is 660. The first-order chi connectivity index (χ1) is 10.5. The van der Waals surface area contributed by atoms with Crippen molar-refractivity contribution in [3.8, 4) is 5.69 Å². The first-order valence-electron chi connectivity index (χ1n) is 6.81. The van der Waals surface area contributed by atoms with E-state index in [0.717, 1.165) is 6.42 Å². The second-order valence-electron chi connectivity index (χ2n) is 4.83. The molecule has 0 aliphatic rings. The van der Waals surface area contributed by atoms with Crippen LogP contribution in [0.5, 0.6) is 0 Å². The molecule has 0 amide bonds. The average molecular weight is 343 g/mol. The lowest BCUT2D eigenvalue weighted by Crippen LogP contribution is -2.30. The Morgan fingerprint density at radius 1 is 1.41 bits per heavy atom. The molecule has 0 saturated carbocycles. The van der Waals surface area contributed by atoms with E-state index in [9.17, 15) is 4.79 Å². The minimum atomic E-state index is -0.862. The van der Waals surface area contributed by atoms with Crippen molar-refractivity contribution >= 4 is 29.2 Å². The molecule has 0 fully saturated rings. The second kappa shape index (κ2) is 7.58. The predicted octanol–water partition coefficient (Wildman–Crippen LogP) is 2.87. The summed E-state index contributed by atoms with van der Waals surface area (Å²) in [7, 11) is 0. The molecule has 0 radical (unpaired) electrons. The van der Waals surface area contributed by atoms with Gasteiger partial charge in [0.05, 0.1) is 34.2 Å². The van der Waals surface area contributed by atoms with Crippen LogP contribution < -0.4 is 0 Å². The highest BCUT2D eigenvalue weighted by Gasteiger charge is 2.13. The highest BCUT2D eigenvalue weighted by atomic mass is 35.5. The third-order valence-corrected chi connectivity index (χ3v) is 3.81. The van der Waals surface area contributed by atoms with E-state index in [0.29, 0.717) is 34.5 Å². The number of aromatic nitrogens is 3. The van der Waals surface area contributed by atoms with E-state index in [-0.39, 0.29) is 6.54 Å². The zero-order valence-corrected chi connectivity index (χ0v) is 13.5. The maximum Gasteiger partial charge on any atom is 0.317 e. The number of hydrogen-bond acceptors (Lipinski definition) is 4. The van der Waals surface area contributed by atoms with Crippen molar-refractivity contribution in [3.63, 3.8) is 0 Å². The highest BCUT2D eigenvalue weighted by Crippen LogP contribution is 2.27. The summed E-state index contributed by atoms with van der Waals surface area (Å²) in [6, 6.07) is 5.26. The number of carboxylic acids is 1. The SMILES string of the molecule is CCCN(CC(=O)O)Cc1cn(-c2cccc(Cl)c2Cl)nn1. The molecule has 0 aliphatic heterocycles. The number of benzene rings is 1. The van der Waals surface area contributed by atoms with Crippen LogP contribution in [0.4, 0.5) is 0 Å². The maximum absolute atomic E-state index is 10.9. The van der Waals surface area contributed by atoms with Gasteiger partial charge in [-0.15, -0.1) is 5.10 Å². The van der Waals surface area contributed by atoms with Crippen LogP contribution in [0.25, 0.3) is 5.69 Å². The van der Waals surface area contributed by atoms with Gasteiger partial charge in [0, 0.05) is 6.54 Å². The minimum absolute atomic E-state index is 0.0291. The van der Waals surface area contributed by atoms with Crippen molar-refractivity contribution in [2.24, 2.45) is 0 Å². The third kappa shape index (κ3) is 4.19. The topological polar surface area (TPSA) is 71.2 Å². The fourth-order valence-electron chi connectivity index (χ4n) is 2.11. The summed E-state index contributed by atoms with van der Waals surface area (Å²) in [6.07, 6.45) is 2.59. The fraction of sp³-hybridized carbons (Fsp3) is 0.357. The van der Waals surface area contributed by atoms with Crippen molar-refractivity contribution in [1.29, 1.82) is 0 Å². The first kappa shape index (κ1) is 16.7. The molecule has 1 N–H and O–H groups in total. The molecule has 1 aromatic carbocycles. The molecular weight excluding hydrogens is 327 g/mol. The van der Waals surface area contributed by atoms with E-state index >= 15 is 0 Å². The van der Waals surface area contributed by atoms with Gasteiger partial charge in [-0.25, -0.2) is 4.68 Å². The second-order valence-corrected chi connectivity index (χ2v) is 5.62. The summed E-state index contributed by atoms with van der Waals surface area (Å²) in [5.74, 6) is -0.862. The molecule has 2 rings (SSSR count). The first-order valence-corrected chi connectivity index (χ1v) is 7.56. The van der Waals surface area contributed by atoms with Crippen LogP contribution in [0.1, 0.15) is 19.0 Å². The van der Waals surface area contributed by atoms with Gasteiger partial charge in [-0.1, -0.05) is 41.4 Å². The summed E-state index contributed by atoms with van der Waals surface area (Å²) < 4.78 is 1.54. The smallest absolute Gasteiger partial charge is 0.317 e. The monoisotopic (exact) mass is 342 g/mol. The predicted molar refractivity (Wildman–Crippen MR) is 84.6 cm³/mol. The number of aliphatic carboxylic acids is 1. The molecular formula is C14H16Cl2N4O2. The van der Waals surface area contributed by atoms with Gasteiger partial charge in [0.25, 0.3) is 0 Å². The van der Waals surface area contributed by atoms with E-state index in [1.807, 2.05) is 6.92 Å². The lowest BCUT2D eigenvalue weighted by molar-refractivity contribution is -0.138. The number of carboxylic acid groups (broad SMARTS) is 1. The number of halogens is 2. The van der Waals surface area contributed by atoms with Crippen molar-refractivity contribution in [2.75, 3.05) is 13.1 Å². The number of carbonyl (C=O) groups is 1. The van der Waals surface area contributed by atoms with Gasteiger partial charge in [-0.2, -0.15) is 0 Å². The van der Waals surface area contributed by atoms with Gasteiger partial charge in [-0.3, -0.25) is 9.69 Å². The molecule has 2 aromatic rings. The molecule has 22 heavy (non-hydrogen) atoms.